The summed E-state index contributed by atoms with van der Waals surface area (Å²) >= 11 is 0. The molecule has 0 aliphatic carbocycles. The lowest BCUT2D eigenvalue weighted by Crippen LogP contribution is -2.39. The highest BCUT2D eigenvalue weighted by Gasteiger charge is 2.02. The second-order valence-corrected chi connectivity index (χ2v) is 5.87. The van der Waals surface area contributed by atoms with Crippen LogP contribution in [0.3, 0.4) is 0 Å². The molecule has 0 fully saturated rings. The van der Waals surface area contributed by atoms with Crippen molar-refractivity contribution < 1.29 is 4.74 Å². The number of ether oxygens (including phenoxy) is 1. The summed E-state index contributed by atoms with van der Waals surface area (Å²) in [4.78, 5) is 4.20. The van der Waals surface area contributed by atoms with Crippen molar-refractivity contribution in [2.45, 2.75) is 26.3 Å². The van der Waals surface area contributed by atoms with Crippen molar-refractivity contribution in [1.82, 2.24) is 20.4 Å². The van der Waals surface area contributed by atoms with Gasteiger partial charge in [0.2, 0.25) is 0 Å². The number of aliphatic imine (C=N–C) groups is 1. The third kappa shape index (κ3) is 5.30. The van der Waals surface area contributed by atoms with Crippen LogP contribution in [0.25, 0.3) is 0 Å². The van der Waals surface area contributed by atoms with E-state index in [2.05, 4.69) is 46.7 Å². The van der Waals surface area contributed by atoms with Gasteiger partial charge in [0.05, 0.1) is 18.8 Å². The number of rotatable bonds is 7. The Labute approximate surface area is 143 Å². The van der Waals surface area contributed by atoms with Gasteiger partial charge in [0.15, 0.2) is 5.96 Å². The van der Waals surface area contributed by atoms with E-state index < -0.39 is 0 Å². The molecule has 0 aliphatic rings. The van der Waals surface area contributed by atoms with E-state index in [0.717, 1.165) is 17.4 Å². The molecule has 1 aromatic carbocycles. The van der Waals surface area contributed by atoms with Gasteiger partial charge in [-0.05, 0) is 29.7 Å². The topological polar surface area (TPSA) is 63.5 Å². The summed E-state index contributed by atoms with van der Waals surface area (Å²) in [6.45, 7) is 6.30. The highest BCUT2D eigenvalue weighted by atomic mass is 16.5. The predicted octanol–water partition coefficient (Wildman–Crippen LogP) is 2.29. The van der Waals surface area contributed by atoms with Gasteiger partial charge in [-0.25, -0.2) is 0 Å². The molecule has 6 nitrogen and oxygen atoms in total. The molecule has 2 rings (SSSR count). The fourth-order valence-electron chi connectivity index (χ4n) is 2.26. The first-order valence-corrected chi connectivity index (χ1v) is 8.24. The first-order chi connectivity index (χ1) is 11.6. The molecule has 130 valence electrons. The molecular weight excluding hydrogens is 302 g/mol. The number of nitrogens with one attached hydrogen (secondary N) is 2. The molecule has 1 aromatic heterocycles. The standard InChI is InChI=1S/C18H27N5O/c1-14(2)15-5-7-17(8-6-15)24-12-11-20-18(19-3)21-13-16-9-10-22-23(16)4/h5-10,14H,11-13H2,1-4H3,(H2,19,20,21). The Bertz CT molecular complexity index is 646. The zero-order chi connectivity index (χ0) is 17.4. The maximum Gasteiger partial charge on any atom is 0.191 e. The van der Waals surface area contributed by atoms with Crippen molar-refractivity contribution in [2.75, 3.05) is 20.2 Å². The van der Waals surface area contributed by atoms with Crippen LogP contribution in [0.2, 0.25) is 0 Å². The average molecular weight is 329 g/mol. The number of hydrogen-bond acceptors (Lipinski definition) is 3. The number of aryl methyl sites for hydroxylation is 1. The molecule has 0 radical (unpaired) electrons. The summed E-state index contributed by atoms with van der Waals surface area (Å²) in [6.07, 6.45) is 1.78. The lowest BCUT2D eigenvalue weighted by atomic mass is 10.0. The normalized spacial score (nSPS) is 11.6. The van der Waals surface area contributed by atoms with Crippen LogP contribution in [0.1, 0.15) is 31.0 Å². The van der Waals surface area contributed by atoms with Crippen molar-refractivity contribution in [3.05, 3.63) is 47.8 Å². The molecule has 2 aromatic rings. The summed E-state index contributed by atoms with van der Waals surface area (Å²) in [6, 6.07) is 10.2. The quantitative estimate of drug-likeness (QED) is 0.465. The Morgan fingerprint density at radius 1 is 1.21 bits per heavy atom. The third-order valence-electron chi connectivity index (χ3n) is 3.79. The van der Waals surface area contributed by atoms with Gasteiger partial charge in [0.1, 0.15) is 12.4 Å². The van der Waals surface area contributed by atoms with Crippen LogP contribution in [0.5, 0.6) is 5.75 Å². The van der Waals surface area contributed by atoms with Crippen LogP contribution in [0.4, 0.5) is 0 Å². The summed E-state index contributed by atoms with van der Waals surface area (Å²) in [5, 5.41) is 10.6. The molecule has 24 heavy (non-hydrogen) atoms. The van der Waals surface area contributed by atoms with Gasteiger partial charge < -0.3 is 15.4 Å². The highest BCUT2D eigenvalue weighted by molar-refractivity contribution is 5.79. The van der Waals surface area contributed by atoms with Crippen molar-refractivity contribution >= 4 is 5.96 Å². The van der Waals surface area contributed by atoms with E-state index in [4.69, 9.17) is 4.74 Å². The minimum Gasteiger partial charge on any atom is -0.492 e. The lowest BCUT2D eigenvalue weighted by Gasteiger charge is -2.13. The molecular formula is C18H27N5O. The van der Waals surface area contributed by atoms with E-state index in [1.165, 1.54) is 5.56 Å². The fraction of sp³-hybridized carbons (Fsp3) is 0.444. The van der Waals surface area contributed by atoms with Crippen LogP contribution in [0, 0.1) is 0 Å². The lowest BCUT2D eigenvalue weighted by molar-refractivity contribution is 0.322. The molecule has 0 bridgehead atoms. The summed E-state index contributed by atoms with van der Waals surface area (Å²) in [5.41, 5.74) is 2.42. The Kier molecular flexibility index (Phi) is 6.66. The van der Waals surface area contributed by atoms with Crippen molar-refractivity contribution in [2.24, 2.45) is 12.0 Å². The van der Waals surface area contributed by atoms with E-state index >= 15 is 0 Å². The summed E-state index contributed by atoms with van der Waals surface area (Å²) in [7, 11) is 3.68. The maximum absolute atomic E-state index is 5.75. The largest absolute Gasteiger partial charge is 0.492 e. The number of guanidine groups is 1. The zero-order valence-electron chi connectivity index (χ0n) is 14.9. The minimum absolute atomic E-state index is 0.537. The minimum atomic E-state index is 0.537. The second-order valence-electron chi connectivity index (χ2n) is 5.87. The van der Waals surface area contributed by atoms with Gasteiger partial charge in [-0.15, -0.1) is 0 Å². The van der Waals surface area contributed by atoms with Gasteiger partial charge >= 0.3 is 0 Å². The van der Waals surface area contributed by atoms with Crippen LogP contribution in [0.15, 0.2) is 41.5 Å². The zero-order valence-corrected chi connectivity index (χ0v) is 14.9. The molecule has 0 spiro atoms. The van der Waals surface area contributed by atoms with Gasteiger partial charge in [-0.1, -0.05) is 26.0 Å². The molecule has 0 saturated heterocycles. The summed E-state index contributed by atoms with van der Waals surface area (Å²) in [5.74, 6) is 2.17. The van der Waals surface area contributed by atoms with Gasteiger partial charge in [-0.2, -0.15) is 5.10 Å². The van der Waals surface area contributed by atoms with Crippen LogP contribution in [-0.4, -0.2) is 35.9 Å². The molecule has 0 amide bonds. The average Bonchev–Trinajstić information content (AvgIpc) is 2.99. The second kappa shape index (κ2) is 8.96. The SMILES string of the molecule is CN=C(NCCOc1ccc(C(C)C)cc1)NCc1ccnn1C. The molecule has 6 heteroatoms. The van der Waals surface area contributed by atoms with E-state index in [-0.39, 0.29) is 0 Å². The first kappa shape index (κ1) is 17.8. The number of hydrogen-bond donors (Lipinski definition) is 2. The van der Waals surface area contributed by atoms with E-state index in [1.807, 2.05) is 29.9 Å². The van der Waals surface area contributed by atoms with E-state index in [1.54, 1.807) is 13.2 Å². The Balaban J connectivity index is 1.69. The molecule has 0 saturated carbocycles. The number of aromatic nitrogens is 2. The van der Waals surface area contributed by atoms with Crippen molar-refractivity contribution in [3.8, 4) is 5.75 Å². The van der Waals surface area contributed by atoms with Crippen molar-refractivity contribution in [1.29, 1.82) is 0 Å². The van der Waals surface area contributed by atoms with Gasteiger partial charge in [0, 0.05) is 20.3 Å². The first-order valence-electron chi connectivity index (χ1n) is 8.24. The molecule has 0 atom stereocenters. The van der Waals surface area contributed by atoms with Gasteiger partial charge in [-0.3, -0.25) is 9.67 Å². The highest BCUT2D eigenvalue weighted by Crippen LogP contribution is 2.18. The monoisotopic (exact) mass is 329 g/mol. The molecule has 1 heterocycles. The van der Waals surface area contributed by atoms with Gasteiger partial charge in [0.25, 0.3) is 0 Å². The van der Waals surface area contributed by atoms with Crippen molar-refractivity contribution in [3.63, 3.8) is 0 Å². The third-order valence-corrected chi connectivity index (χ3v) is 3.79. The van der Waals surface area contributed by atoms with Crippen LogP contribution < -0.4 is 15.4 Å². The van der Waals surface area contributed by atoms with E-state index in [9.17, 15) is 0 Å². The fourth-order valence-corrected chi connectivity index (χ4v) is 2.26. The predicted molar refractivity (Wildman–Crippen MR) is 97.4 cm³/mol. The molecule has 2 N–H and O–H groups in total. The van der Waals surface area contributed by atoms with Crippen LogP contribution in [-0.2, 0) is 13.6 Å². The number of benzene rings is 1. The Morgan fingerprint density at radius 2 is 1.96 bits per heavy atom. The molecule has 0 aliphatic heterocycles. The van der Waals surface area contributed by atoms with E-state index in [0.29, 0.717) is 25.6 Å². The van der Waals surface area contributed by atoms with Crippen LogP contribution >= 0.6 is 0 Å². The molecule has 0 unspecified atom stereocenters. The Morgan fingerprint density at radius 3 is 2.54 bits per heavy atom. The smallest absolute Gasteiger partial charge is 0.191 e. The Hall–Kier alpha value is -2.50. The number of nitrogens with zero attached hydrogens (tertiary/aromatic N) is 3. The maximum atomic E-state index is 5.75. The summed E-state index contributed by atoms with van der Waals surface area (Å²) < 4.78 is 7.58.